The first-order valence-corrected chi connectivity index (χ1v) is 16.1. The topological polar surface area (TPSA) is 151 Å². The number of hydrogen-bond acceptors (Lipinski definition) is 8. The maximum atomic E-state index is 12.2. The average Bonchev–Trinajstić information content (AvgIpc) is 3.09. The highest BCUT2D eigenvalue weighted by Crippen LogP contribution is 2.24. The Labute approximate surface area is 194 Å². The SMILES string of the molecule is CC1(NC(=S)NC2CS(=O)(=O)CC2NC(=S)NC2(C)CCS(=O)(=O)C2)CCS(=O)(=O)C1. The molecule has 0 bridgehead atoms. The van der Waals surface area contributed by atoms with Gasteiger partial charge in [-0.3, -0.25) is 0 Å². The van der Waals surface area contributed by atoms with Gasteiger partial charge in [0.1, 0.15) is 0 Å². The summed E-state index contributed by atoms with van der Waals surface area (Å²) in [6.07, 6.45) is 0.828. The van der Waals surface area contributed by atoms with Crippen LogP contribution in [-0.4, -0.2) is 93.2 Å². The van der Waals surface area contributed by atoms with Gasteiger partial charge >= 0.3 is 0 Å². The summed E-state index contributed by atoms with van der Waals surface area (Å²) in [5.74, 6) is -0.236. The zero-order chi connectivity index (χ0) is 23.3. The average molecular weight is 533 g/mol. The van der Waals surface area contributed by atoms with Crippen LogP contribution in [0.1, 0.15) is 26.7 Å². The van der Waals surface area contributed by atoms with E-state index in [1.54, 1.807) is 13.8 Å². The quantitative estimate of drug-likeness (QED) is 0.304. The first kappa shape index (κ1) is 24.9. The minimum Gasteiger partial charge on any atom is -0.357 e. The van der Waals surface area contributed by atoms with Crippen molar-refractivity contribution in [2.45, 2.75) is 49.9 Å². The molecule has 3 aliphatic rings. The lowest BCUT2D eigenvalue weighted by atomic mass is 10.0. The van der Waals surface area contributed by atoms with Gasteiger partial charge in [-0.05, 0) is 51.1 Å². The van der Waals surface area contributed by atoms with Gasteiger partial charge in [-0.15, -0.1) is 0 Å². The summed E-state index contributed by atoms with van der Waals surface area (Å²) >= 11 is 10.6. The molecule has 178 valence electrons. The Morgan fingerprint density at radius 2 is 1.06 bits per heavy atom. The number of nitrogens with one attached hydrogen (secondary N) is 4. The molecular weight excluding hydrogens is 505 g/mol. The molecular formula is C16H28N4O6S5. The van der Waals surface area contributed by atoms with Crippen molar-refractivity contribution in [3.63, 3.8) is 0 Å². The highest BCUT2D eigenvalue weighted by Gasteiger charge is 2.43. The van der Waals surface area contributed by atoms with Gasteiger partial charge in [0.25, 0.3) is 0 Å². The Morgan fingerprint density at radius 3 is 1.35 bits per heavy atom. The molecule has 31 heavy (non-hydrogen) atoms. The van der Waals surface area contributed by atoms with Crippen molar-refractivity contribution in [2.24, 2.45) is 0 Å². The van der Waals surface area contributed by atoms with E-state index in [2.05, 4.69) is 21.3 Å². The molecule has 3 heterocycles. The normalized spacial score (nSPS) is 37.7. The van der Waals surface area contributed by atoms with E-state index in [4.69, 9.17) is 24.4 Å². The lowest BCUT2D eigenvalue weighted by Gasteiger charge is -2.31. The standard InChI is InChI=1S/C16H28N4O6S5/c1-15(3-5-29(21,22)9-15)19-13(27)17-11-7-31(25,26)8-12(11)18-14(28)20-16(2)4-6-30(23,24)10-16/h11-12H,3-10H2,1-2H3,(H2,17,19,27)(H2,18,20,28). The van der Waals surface area contributed by atoms with Gasteiger partial charge in [-0.1, -0.05) is 0 Å². The van der Waals surface area contributed by atoms with Gasteiger partial charge in [-0.25, -0.2) is 25.3 Å². The van der Waals surface area contributed by atoms with Crippen LogP contribution < -0.4 is 21.3 Å². The number of sulfone groups is 3. The van der Waals surface area contributed by atoms with Gasteiger partial charge in [0, 0.05) is 0 Å². The number of thiocarbonyl (C=S) groups is 2. The van der Waals surface area contributed by atoms with Crippen molar-refractivity contribution in [3.05, 3.63) is 0 Å². The Bertz CT molecular complexity index is 1010. The minimum atomic E-state index is -3.35. The summed E-state index contributed by atoms with van der Waals surface area (Å²) in [5, 5.41) is 12.4. The fraction of sp³-hybridized carbons (Fsp3) is 0.875. The molecule has 10 nitrogen and oxygen atoms in total. The van der Waals surface area contributed by atoms with Crippen LogP contribution in [0.25, 0.3) is 0 Å². The van der Waals surface area contributed by atoms with Crippen LogP contribution in [0.3, 0.4) is 0 Å². The van der Waals surface area contributed by atoms with Crippen LogP contribution in [0.15, 0.2) is 0 Å². The summed E-state index contributed by atoms with van der Waals surface area (Å²) in [7, 11) is -9.60. The lowest BCUT2D eigenvalue weighted by Crippen LogP contribution is -2.59. The molecule has 0 saturated carbocycles. The predicted octanol–water partition coefficient (Wildman–Crippen LogP) is -1.77. The fourth-order valence-electron chi connectivity index (χ4n) is 4.31. The third-order valence-electron chi connectivity index (χ3n) is 5.82. The van der Waals surface area contributed by atoms with Crippen molar-refractivity contribution in [2.75, 3.05) is 34.5 Å². The molecule has 3 aliphatic heterocycles. The number of rotatable bonds is 4. The second-order valence-corrected chi connectivity index (χ2v) is 16.6. The van der Waals surface area contributed by atoms with E-state index >= 15 is 0 Å². The van der Waals surface area contributed by atoms with Crippen LogP contribution >= 0.6 is 24.4 Å². The number of hydrogen-bond donors (Lipinski definition) is 4. The van der Waals surface area contributed by atoms with Crippen molar-refractivity contribution in [1.29, 1.82) is 0 Å². The van der Waals surface area contributed by atoms with Crippen LogP contribution in [0.5, 0.6) is 0 Å². The van der Waals surface area contributed by atoms with Crippen LogP contribution in [0.4, 0.5) is 0 Å². The van der Waals surface area contributed by atoms with Gasteiger partial charge in [-0.2, -0.15) is 0 Å². The van der Waals surface area contributed by atoms with E-state index in [9.17, 15) is 25.3 Å². The van der Waals surface area contributed by atoms with Gasteiger partial charge < -0.3 is 21.3 Å². The highest BCUT2D eigenvalue weighted by atomic mass is 32.2. The largest absolute Gasteiger partial charge is 0.357 e. The van der Waals surface area contributed by atoms with Crippen molar-refractivity contribution in [3.8, 4) is 0 Å². The van der Waals surface area contributed by atoms with Gasteiger partial charge in [0.15, 0.2) is 39.7 Å². The minimum absolute atomic E-state index is 0.0397. The summed E-state index contributed by atoms with van der Waals surface area (Å²) in [4.78, 5) is 0. The van der Waals surface area contributed by atoms with E-state index in [0.717, 1.165) is 0 Å². The zero-order valence-electron chi connectivity index (χ0n) is 17.3. The maximum absolute atomic E-state index is 12.2. The van der Waals surface area contributed by atoms with E-state index in [1.165, 1.54) is 0 Å². The van der Waals surface area contributed by atoms with Crippen molar-refractivity contribution in [1.82, 2.24) is 21.3 Å². The molecule has 0 spiro atoms. The molecule has 15 heteroatoms. The van der Waals surface area contributed by atoms with Crippen molar-refractivity contribution >= 4 is 64.2 Å². The smallest absolute Gasteiger partial charge is 0.167 e. The Kier molecular flexibility index (Phi) is 6.59. The summed E-state index contributed by atoms with van der Waals surface area (Å²) in [5.41, 5.74) is -1.41. The Balaban J connectivity index is 1.61. The maximum Gasteiger partial charge on any atom is 0.167 e. The Morgan fingerprint density at radius 1 is 0.710 bits per heavy atom. The lowest BCUT2D eigenvalue weighted by molar-refractivity contribution is 0.448. The molecule has 4 unspecified atom stereocenters. The zero-order valence-corrected chi connectivity index (χ0v) is 21.4. The third kappa shape index (κ3) is 6.62. The van der Waals surface area contributed by atoms with Crippen LogP contribution in [0, 0.1) is 0 Å². The van der Waals surface area contributed by atoms with Crippen LogP contribution in [-0.2, 0) is 29.5 Å². The van der Waals surface area contributed by atoms with Gasteiger partial charge in [0.2, 0.25) is 0 Å². The first-order chi connectivity index (χ1) is 14.0. The molecule has 4 N–H and O–H groups in total. The van der Waals surface area contributed by atoms with E-state index in [1.807, 2.05) is 0 Å². The second kappa shape index (κ2) is 8.22. The predicted molar refractivity (Wildman–Crippen MR) is 127 cm³/mol. The molecule has 0 radical (unpaired) electrons. The van der Waals surface area contributed by atoms with E-state index in [-0.39, 0.29) is 44.7 Å². The molecule has 4 atom stereocenters. The van der Waals surface area contributed by atoms with E-state index < -0.39 is 52.7 Å². The summed E-state index contributed by atoms with van der Waals surface area (Å²) < 4.78 is 71.6. The molecule has 3 saturated heterocycles. The molecule has 0 aromatic heterocycles. The van der Waals surface area contributed by atoms with Gasteiger partial charge in [0.05, 0.1) is 57.7 Å². The highest BCUT2D eigenvalue weighted by molar-refractivity contribution is 7.92. The monoisotopic (exact) mass is 532 g/mol. The molecule has 0 aromatic carbocycles. The fourth-order valence-corrected chi connectivity index (χ4v) is 11.2. The first-order valence-electron chi connectivity index (χ1n) is 9.78. The molecule has 3 fully saturated rings. The summed E-state index contributed by atoms with van der Waals surface area (Å²) in [6, 6.07) is -1.15. The third-order valence-corrected chi connectivity index (χ3v) is 11.8. The molecule has 0 aliphatic carbocycles. The second-order valence-electron chi connectivity index (χ2n) is 9.29. The van der Waals surface area contributed by atoms with Crippen LogP contribution in [0.2, 0.25) is 0 Å². The summed E-state index contributed by atoms with van der Waals surface area (Å²) in [6.45, 7) is 3.53. The molecule has 3 rings (SSSR count). The van der Waals surface area contributed by atoms with E-state index in [0.29, 0.717) is 12.8 Å². The molecule has 0 amide bonds. The Hall–Kier alpha value is -0.770. The molecule has 0 aromatic rings. The van der Waals surface area contributed by atoms with Crippen molar-refractivity contribution < 1.29 is 25.3 Å².